The first-order valence-electron chi connectivity index (χ1n) is 8.31. The number of epoxide rings is 1. The number of ether oxygens (including phenoxy) is 3. The molecule has 0 amide bonds. The SMILES string of the molecule is C=CC(=O)OC1CCCC(COC(=O)C2CCC3OC3C2)C1. The molecule has 1 saturated heterocycles. The Hall–Kier alpha value is -1.36. The summed E-state index contributed by atoms with van der Waals surface area (Å²) in [6.45, 7) is 3.85. The van der Waals surface area contributed by atoms with Crippen molar-refractivity contribution in [3.63, 3.8) is 0 Å². The summed E-state index contributed by atoms with van der Waals surface area (Å²) in [5, 5.41) is 0. The van der Waals surface area contributed by atoms with Crippen molar-refractivity contribution in [1.29, 1.82) is 0 Å². The molecule has 1 aliphatic heterocycles. The number of esters is 2. The van der Waals surface area contributed by atoms with Gasteiger partial charge < -0.3 is 14.2 Å². The van der Waals surface area contributed by atoms with E-state index in [1.165, 1.54) is 6.08 Å². The quantitative estimate of drug-likeness (QED) is 0.443. The fourth-order valence-electron chi connectivity index (χ4n) is 3.65. The molecule has 3 aliphatic rings. The molecular weight excluding hydrogens is 284 g/mol. The molecule has 0 aromatic carbocycles. The van der Waals surface area contributed by atoms with Gasteiger partial charge in [-0.25, -0.2) is 4.79 Å². The molecule has 0 radical (unpaired) electrons. The summed E-state index contributed by atoms with van der Waals surface area (Å²) in [5.41, 5.74) is 0. The third kappa shape index (κ3) is 3.88. The molecule has 0 aromatic rings. The van der Waals surface area contributed by atoms with E-state index in [1.807, 2.05) is 0 Å². The number of hydrogen-bond acceptors (Lipinski definition) is 5. The fourth-order valence-corrected chi connectivity index (χ4v) is 3.65. The Kier molecular flexibility index (Phi) is 4.81. The van der Waals surface area contributed by atoms with E-state index in [1.54, 1.807) is 0 Å². The minimum atomic E-state index is -0.371. The first-order valence-corrected chi connectivity index (χ1v) is 8.31. The van der Waals surface area contributed by atoms with Crippen LogP contribution in [0.5, 0.6) is 0 Å². The number of hydrogen-bond donors (Lipinski definition) is 0. The number of fused-ring (bicyclic) bond motifs is 1. The molecule has 5 unspecified atom stereocenters. The summed E-state index contributed by atoms with van der Waals surface area (Å²) in [6, 6.07) is 0. The van der Waals surface area contributed by atoms with E-state index < -0.39 is 0 Å². The van der Waals surface area contributed by atoms with E-state index in [9.17, 15) is 9.59 Å². The molecule has 3 rings (SSSR count). The Balaban J connectivity index is 1.39. The van der Waals surface area contributed by atoms with Gasteiger partial charge in [0, 0.05) is 6.08 Å². The van der Waals surface area contributed by atoms with Crippen LogP contribution in [0.1, 0.15) is 44.9 Å². The highest BCUT2D eigenvalue weighted by Gasteiger charge is 2.46. The molecule has 5 heteroatoms. The molecule has 1 heterocycles. The van der Waals surface area contributed by atoms with Gasteiger partial charge in [-0.2, -0.15) is 0 Å². The van der Waals surface area contributed by atoms with Crippen molar-refractivity contribution < 1.29 is 23.8 Å². The molecule has 3 fully saturated rings. The van der Waals surface area contributed by atoms with E-state index in [0.717, 1.165) is 44.9 Å². The van der Waals surface area contributed by atoms with Crippen LogP contribution in [0.25, 0.3) is 0 Å². The first kappa shape index (κ1) is 15.5. The molecular formula is C17H24O5. The van der Waals surface area contributed by atoms with Crippen LogP contribution in [0.4, 0.5) is 0 Å². The Bertz CT molecular complexity index is 446. The number of carbonyl (C=O) groups excluding carboxylic acids is 2. The molecule has 5 atom stereocenters. The van der Waals surface area contributed by atoms with Crippen LogP contribution in [0.15, 0.2) is 12.7 Å². The summed E-state index contributed by atoms with van der Waals surface area (Å²) >= 11 is 0. The third-order valence-corrected chi connectivity index (χ3v) is 4.98. The molecule has 2 aliphatic carbocycles. The Morgan fingerprint density at radius 2 is 2.00 bits per heavy atom. The van der Waals surface area contributed by atoms with E-state index in [2.05, 4.69) is 6.58 Å². The molecule has 0 N–H and O–H groups in total. The van der Waals surface area contributed by atoms with Gasteiger partial charge in [0.2, 0.25) is 0 Å². The van der Waals surface area contributed by atoms with Crippen LogP contribution in [-0.2, 0) is 23.8 Å². The second-order valence-corrected chi connectivity index (χ2v) is 6.65. The first-order chi connectivity index (χ1) is 10.7. The lowest BCUT2D eigenvalue weighted by Gasteiger charge is -2.28. The topological polar surface area (TPSA) is 65.1 Å². The predicted octanol–water partition coefficient (Wildman–Crippen LogP) is 2.39. The third-order valence-electron chi connectivity index (χ3n) is 4.98. The molecule has 5 nitrogen and oxygen atoms in total. The van der Waals surface area contributed by atoms with Crippen LogP contribution in [0.2, 0.25) is 0 Å². The van der Waals surface area contributed by atoms with Gasteiger partial charge in [-0.3, -0.25) is 4.79 Å². The summed E-state index contributed by atoms with van der Waals surface area (Å²) in [7, 11) is 0. The van der Waals surface area contributed by atoms with Gasteiger partial charge in [-0.15, -0.1) is 0 Å². The molecule has 22 heavy (non-hydrogen) atoms. The zero-order valence-electron chi connectivity index (χ0n) is 12.9. The summed E-state index contributed by atoms with van der Waals surface area (Å²) in [4.78, 5) is 23.4. The second-order valence-electron chi connectivity index (χ2n) is 6.65. The van der Waals surface area contributed by atoms with E-state index in [0.29, 0.717) is 18.8 Å². The Labute approximate surface area is 131 Å². The van der Waals surface area contributed by atoms with Crippen LogP contribution in [0, 0.1) is 11.8 Å². The molecule has 0 aromatic heterocycles. The van der Waals surface area contributed by atoms with Gasteiger partial charge in [0.1, 0.15) is 6.10 Å². The summed E-state index contributed by atoms with van der Waals surface area (Å²) in [6.07, 6.45) is 8.17. The zero-order chi connectivity index (χ0) is 15.5. The van der Waals surface area contributed by atoms with Crippen molar-refractivity contribution in [3.05, 3.63) is 12.7 Å². The van der Waals surface area contributed by atoms with Crippen molar-refractivity contribution in [3.8, 4) is 0 Å². The standard InChI is InChI=1S/C17H24O5/c1-2-16(18)21-13-5-3-4-11(8-13)10-20-17(19)12-6-7-14-15(9-12)22-14/h2,11-15H,1,3-10H2. The highest BCUT2D eigenvalue weighted by Crippen LogP contribution is 2.40. The molecule has 0 spiro atoms. The average molecular weight is 308 g/mol. The van der Waals surface area contributed by atoms with Gasteiger partial charge in [0.05, 0.1) is 24.7 Å². The van der Waals surface area contributed by atoms with Crippen LogP contribution < -0.4 is 0 Å². The Morgan fingerprint density at radius 1 is 1.14 bits per heavy atom. The number of rotatable bonds is 5. The van der Waals surface area contributed by atoms with Crippen molar-refractivity contribution in [2.75, 3.05) is 6.61 Å². The van der Waals surface area contributed by atoms with Crippen molar-refractivity contribution in [2.24, 2.45) is 11.8 Å². The average Bonchev–Trinajstić information content (AvgIpc) is 3.31. The summed E-state index contributed by atoms with van der Waals surface area (Å²) < 4.78 is 16.3. The van der Waals surface area contributed by atoms with Crippen LogP contribution in [0.3, 0.4) is 0 Å². The smallest absolute Gasteiger partial charge is 0.330 e. The Morgan fingerprint density at radius 3 is 2.77 bits per heavy atom. The second kappa shape index (κ2) is 6.82. The van der Waals surface area contributed by atoms with E-state index in [-0.39, 0.29) is 29.9 Å². The maximum Gasteiger partial charge on any atom is 0.330 e. The minimum Gasteiger partial charge on any atom is -0.465 e. The van der Waals surface area contributed by atoms with Crippen molar-refractivity contribution >= 4 is 11.9 Å². The lowest BCUT2D eigenvalue weighted by molar-refractivity contribution is -0.154. The molecule has 122 valence electrons. The van der Waals surface area contributed by atoms with Gasteiger partial charge in [0.25, 0.3) is 0 Å². The minimum absolute atomic E-state index is 0.00160. The van der Waals surface area contributed by atoms with Gasteiger partial charge in [-0.1, -0.05) is 6.58 Å². The zero-order valence-corrected chi connectivity index (χ0v) is 12.9. The summed E-state index contributed by atoms with van der Waals surface area (Å²) in [5.74, 6) is -0.168. The molecule has 2 saturated carbocycles. The largest absolute Gasteiger partial charge is 0.465 e. The van der Waals surface area contributed by atoms with Crippen molar-refractivity contribution in [1.82, 2.24) is 0 Å². The van der Waals surface area contributed by atoms with Crippen LogP contribution >= 0.6 is 0 Å². The van der Waals surface area contributed by atoms with Crippen LogP contribution in [-0.4, -0.2) is 36.9 Å². The highest BCUT2D eigenvalue weighted by molar-refractivity contribution is 5.81. The van der Waals surface area contributed by atoms with Gasteiger partial charge in [-0.05, 0) is 50.9 Å². The lowest BCUT2D eigenvalue weighted by Crippen LogP contribution is -2.30. The van der Waals surface area contributed by atoms with E-state index >= 15 is 0 Å². The predicted molar refractivity (Wildman–Crippen MR) is 79.0 cm³/mol. The van der Waals surface area contributed by atoms with Gasteiger partial charge in [0.15, 0.2) is 0 Å². The molecule has 0 bridgehead atoms. The van der Waals surface area contributed by atoms with Crippen molar-refractivity contribution in [2.45, 2.75) is 63.3 Å². The van der Waals surface area contributed by atoms with Gasteiger partial charge >= 0.3 is 11.9 Å². The lowest BCUT2D eigenvalue weighted by atomic mass is 9.87. The highest BCUT2D eigenvalue weighted by atomic mass is 16.6. The monoisotopic (exact) mass is 308 g/mol. The number of carbonyl (C=O) groups is 2. The normalized spacial score (nSPS) is 36.8. The van der Waals surface area contributed by atoms with E-state index in [4.69, 9.17) is 14.2 Å². The maximum atomic E-state index is 12.1. The fraction of sp³-hybridized carbons (Fsp3) is 0.765. The maximum absolute atomic E-state index is 12.1.